The summed E-state index contributed by atoms with van der Waals surface area (Å²) < 4.78 is 16.1. The van der Waals surface area contributed by atoms with Crippen molar-refractivity contribution in [1.29, 1.82) is 0 Å². The Morgan fingerprint density at radius 1 is 1.31 bits per heavy atom. The fraction of sp³-hybridized carbons (Fsp3) is 0.364. The molecule has 0 unspecified atom stereocenters. The summed E-state index contributed by atoms with van der Waals surface area (Å²) in [4.78, 5) is 10.6. The van der Waals surface area contributed by atoms with Gasteiger partial charge < -0.3 is 19.9 Å². The van der Waals surface area contributed by atoms with Crippen LogP contribution >= 0.6 is 0 Å². The Balaban J connectivity index is 2.11. The molecule has 1 aromatic rings. The van der Waals surface area contributed by atoms with E-state index in [9.17, 15) is 4.79 Å². The maximum atomic E-state index is 10.6. The van der Waals surface area contributed by atoms with Crippen molar-refractivity contribution in [3.63, 3.8) is 0 Å². The maximum Gasteiger partial charge on any atom is 0.255 e. The number of amides is 1. The second-order valence-corrected chi connectivity index (χ2v) is 3.41. The molecule has 2 N–H and O–H groups in total. The summed E-state index contributed by atoms with van der Waals surface area (Å²) in [5, 5.41) is 0. The third-order valence-electron chi connectivity index (χ3n) is 2.10. The number of primary amides is 1. The Morgan fingerprint density at radius 2 is 2.06 bits per heavy atom. The molecule has 0 saturated heterocycles. The zero-order chi connectivity index (χ0) is 11.4. The monoisotopic (exact) mass is 223 g/mol. The predicted molar refractivity (Wildman–Crippen MR) is 56.7 cm³/mol. The lowest BCUT2D eigenvalue weighted by molar-refractivity contribution is -0.119. The summed E-state index contributed by atoms with van der Waals surface area (Å²) in [5.41, 5.74) is 4.98. The van der Waals surface area contributed by atoms with Crippen LogP contribution in [0.3, 0.4) is 0 Å². The summed E-state index contributed by atoms with van der Waals surface area (Å²) in [7, 11) is 0. The fourth-order valence-corrected chi connectivity index (χ4v) is 1.39. The van der Waals surface area contributed by atoms with Gasteiger partial charge >= 0.3 is 0 Å². The molecule has 1 aromatic carbocycles. The second kappa shape index (κ2) is 4.74. The molecular formula is C11H13NO4. The predicted octanol–water partition coefficient (Wildman–Crippen LogP) is 0.712. The molecule has 0 bridgehead atoms. The average Bonchev–Trinajstić information content (AvgIpc) is 2.50. The molecule has 86 valence electrons. The van der Waals surface area contributed by atoms with Crippen LogP contribution in [0, 0.1) is 0 Å². The smallest absolute Gasteiger partial charge is 0.255 e. The lowest BCUT2D eigenvalue weighted by Gasteiger charge is -2.09. The number of ether oxygens (including phenoxy) is 3. The highest BCUT2D eigenvalue weighted by Gasteiger charge is 2.11. The van der Waals surface area contributed by atoms with Crippen molar-refractivity contribution in [2.24, 2.45) is 5.73 Å². The fourth-order valence-electron chi connectivity index (χ4n) is 1.39. The Morgan fingerprint density at radius 3 is 2.81 bits per heavy atom. The molecule has 0 saturated carbocycles. The molecular weight excluding hydrogens is 210 g/mol. The van der Waals surface area contributed by atoms with Crippen LogP contribution in [0.25, 0.3) is 0 Å². The van der Waals surface area contributed by atoms with Crippen LogP contribution in [-0.2, 0) is 4.79 Å². The minimum atomic E-state index is -0.507. The van der Waals surface area contributed by atoms with Gasteiger partial charge in [0.15, 0.2) is 18.1 Å². The second-order valence-electron chi connectivity index (χ2n) is 3.41. The first-order valence-electron chi connectivity index (χ1n) is 5.06. The molecule has 2 rings (SSSR count). The first-order valence-corrected chi connectivity index (χ1v) is 5.06. The van der Waals surface area contributed by atoms with E-state index in [0.717, 1.165) is 6.42 Å². The highest BCUT2D eigenvalue weighted by atomic mass is 16.5. The van der Waals surface area contributed by atoms with Crippen LogP contribution in [0.2, 0.25) is 0 Å². The molecule has 1 amide bonds. The van der Waals surface area contributed by atoms with E-state index in [0.29, 0.717) is 30.5 Å². The van der Waals surface area contributed by atoms with Crippen molar-refractivity contribution < 1.29 is 19.0 Å². The summed E-state index contributed by atoms with van der Waals surface area (Å²) in [6, 6.07) is 5.18. The number of hydrogen-bond donors (Lipinski definition) is 1. The molecule has 16 heavy (non-hydrogen) atoms. The first-order chi connectivity index (χ1) is 7.75. The van der Waals surface area contributed by atoms with E-state index in [4.69, 9.17) is 19.9 Å². The van der Waals surface area contributed by atoms with Gasteiger partial charge in [0.05, 0.1) is 13.2 Å². The van der Waals surface area contributed by atoms with E-state index in [2.05, 4.69) is 0 Å². The average molecular weight is 223 g/mol. The van der Waals surface area contributed by atoms with Gasteiger partial charge in [-0.25, -0.2) is 0 Å². The van der Waals surface area contributed by atoms with Crippen LogP contribution in [0.4, 0.5) is 0 Å². The maximum absolute atomic E-state index is 10.6. The number of rotatable bonds is 3. The molecule has 0 aromatic heterocycles. The standard InChI is InChI=1S/C11H13NO4/c12-11(13)7-16-8-2-3-9-10(6-8)15-5-1-4-14-9/h2-3,6H,1,4-5,7H2,(H2,12,13). The highest BCUT2D eigenvalue weighted by Crippen LogP contribution is 2.33. The minimum Gasteiger partial charge on any atom is -0.490 e. The van der Waals surface area contributed by atoms with Crippen LogP contribution < -0.4 is 19.9 Å². The summed E-state index contributed by atoms with van der Waals surface area (Å²) >= 11 is 0. The zero-order valence-corrected chi connectivity index (χ0v) is 8.77. The van der Waals surface area contributed by atoms with Gasteiger partial charge in [-0.2, -0.15) is 0 Å². The molecule has 0 radical (unpaired) electrons. The number of benzene rings is 1. The van der Waals surface area contributed by atoms with E-state index in [1.807, 2.05) is 0 Å². The molecule has 5 heteroatoms. The molecule has 1 aliphatic heterocycles. The summed E-state index contributed by atoms with van der Waals surface area (Å²) in [6.07, 6.45) is 0.853. The van der Waals surface area contributed by atoms with Gasteiger partial charge in [0.2, 0.25) is 0 Å². The van der Waals surface area contributed by atoms with Crippen molar-refractivity contribution in [2.75, 3.05) is 19.8 Å². The zero-order valence-electron chi connectivity index (χ0n) is 8.77. The van der Waals surface area contributed by atoms with Gasteiger partial charge in [-0.05, 0) is 12.1 Å². The third-order valence-corrected chi connectivity index (χ3v) is 2.10. The number of fused-ring (bicyclic) bond motifs is 1. The lowest BCUT2D eigenvalue weighted by Crippen LogP contribution is -2.20. The molecule has 1 heterocycles. The molecule has 5 nitrogen and oxygen atoms in total. The number of carbonyl (C=O) groups excluding carboxylic acids is 1. The van der Waals surface area contributed by atoms with Gasteiger partial charge in [-0.1, -0.05) is 0 Å². The highest BCUT2D eigenvalue weighted by molar-refractivity contribution is 5.75. The van der Waals surface area contributed by atoms with E-state index < -0.39 is 5.91 Å². The summed E-state index contributed by atoms with van der Waals surface area (Å²) in [5.74, 6) is 1.37. The van der Waals surface area contributed by atoms with Crippen molar-refractivity contribution in [1.82, 2.24) is 0 Å². The van der Waals surface area contributed by atoms with E-state index in [1.165, 1.54) is 0 Å². The topological polar surface area (TPSA) is 70.8 Å². The first kappa shape index (κ1) is 10.6. The van der Waals surface area contributed by atoms with Crippen molar-refractivity contribution in [3.8, 4) is 17.2 Å². The van der Waals surface area contributed by atoms with Gasteiger partial charge in [0.25, 0.3) is 5.91 Å². The van der Waals surface area contributed by atoms with Crippen LogP contribution in [0.15, 0.2) is 18.2 Å². The van der Waals surface area contributed by atoms with E-state index in [1.54, 1.807) is 18.2 Å². The Bertz CT molecular complexity index is 392. The van der Waals surface area contributed by atoms with Gasteiger partial charge in [-0.15, -0.1) is 0 Å². The largest absolute Gasteiger partial charge is 0.490 e. The normalized spacial score (nSPS) is 14.0. The Kier molecular flexibility index (Phi) is 3.14. The van der Waals surface area contributed by atoms with Crippen molar-refractivity contribution in [2.45, 2.75) is 6.42 Å². The van der Waals surface area contributed by atoms with E-state index in [-0.39, 0.29) is 6.61 Å². The molecule has 0 spiro atoms. The Labute approximate surface area is 93.1 Å². The van der Waals surface area contributed by atoms with Crippen LogP contribution in [-0.4, -0.2) is 25.7 Å². The molecule has 0 fully saturated rings. The van der Waals surface area contributed by atoms with Gasteiger partial charge in [-0.3, -0.25) is 4.79 Å². The molecule has 1 aliphatic rings. The number of carbonyl (C=O) groups is 1. The van der Waals surface area contributed by atoms with Crippen LogP contribution in [0.1, 0.15) is 6.42 Å². The van der Waals surface area contributed by atoms with Crippen molar-refractivity contribution >= 4 is 5.91 Å². The third kappa shape index (κ3) is 2.56. The SMILES string of the molecule is NC(=O)COc1ccc2c(c1)OCCCO2. The molecule has 0 aliphatic carbocycles. The summed E-state index contributed by atoms with van der Waals surface area (Å²) in [6.45, 7) is 1.13. The van der Waals surface area contributed by atoms with Gasteiger partial charge in [0, 0.05) is 12.5 Å². The lowest BCUT2D eigenvalue weighted by atomic mass is 10.3. The van der Waals surface area contributed by atoms with E-state index >= 15 is 0 Å². The minimum absolute atomic E-state index is 0.139. The van der Waals surface area contributed by atoms with Crippen molar-refractivity contribution in [3.05, 3.63) is 18.2 Å². The number of nitrogens with two attached hydrogens (primary N) is 1. The molecule has 0 atom stereocenters. The number of hydrogen-bond acceptors (Lipinski definition) is 4. The quantitative estimate of drug-likeness (QED) is 0.819. The van der Waals surface area contributed by atoms with Crippen LogP contribution in [0.5, 0.6) is 17.2 Å². The Hall–Kier alpha value is -1.91. The van der Waals surface area contributed by atoms with Gasteiger partial charge in [0.1, 0.15) is 5.75 Å².